The second-order valence-electron chi connectivity index (χ2n) is 9.33. The van der Waals surface area contributed by atoms with Crippen LogP contribution in [-0.2, 0) is 22.0 Å². The summed E-state index contributed by atoms with van der Waals surface area (Å²) in [5.74, 6) is -1.26. The minimum atomic E-state index is -4.84. The van der Waals surface area contributed by atoms with Gasteiger partial charge >= 0.3 is 6.18 Å². The van der Waals surface area contributed by atoms with Gasteiger partial charge < -0.3 is 25.2 Å². The highest BCUT2D eigenvalue weighted by Gasteiger charge is 2.37. The summed E-state index contributed by atoms with van der Waals surface area (Å²) in [4.78, 5) is 7.74. The number of nitrogens with one attached hydrogen (secondary N) is 4. The number of fused-ring (bicyclic) bond motifs is 1. The first-order chi connectivity index (χ1) is 19.0. The number of aliphatic hydroxyl groups is 1. The topological polar surface area (TPSA) is 147 Å². The van der Waals surface area contributed by atoms with Crippen LogP contribution in [0.3, 0.4) is 0 Å². The van der Waals surface area contributed by atoms with Crippen LogP contribution in [0.4, 0.5) is 30.5 Å². The normalized spacial score (nSPS) is 17.5. The molecule has 40 heavy (non-hydrogen) atoms. The third-order valence-electron chi connectivity index (χ3n) is 6.52. The molecule has 1 saturated heterocycles. The molecule has 5 N–H and O–H groups in total. The third kappa shape index (κ3) is 6.22. The second kappa shape index (κ2) is 11.1. The number of ether oxygens (including phenoxy) is 2. The molecule has 1 aromatic heterocycles. The number of nitrogens with zero attached hydrogens (tertiary/aromatic N) is 2. The van der Waals surface area contributed by atoms with Crippen LogP contribution in [-0.4, -0.2) is 49.7 Å². The minimum Gasteiger partial charge on any atom is -0.495 e. The quantitative estimate of drug-likeness (QED) is 0.250. The van der Waals surface area contributed by atoms with E-state index in [4.69, 9.17) is 9.47 Å². The summed E-state index contributed by atoms with van der Waals surface area (Å²) in [6.07, 6.45) is -3.45. The molecule has 3 heterocycles. The molecular weight excluding hydrogens is 553 g/mol. The summed E-state index contributed by atoms with van der Waals surface area (Å²) < 4.78 is 78.6. The zero-order valence-corrected chi connectivity index (χ0v) is 22.1. The third-order valence-corrected chi connectivity index (χ3v) is 7.72. The van der Waals surface area contributed by atoms with Gasteiger partial charge in [0.2, 0.25) is 21.9 Å². The molecule has 2 aliphatic heterocycles. The van der Waals surface area contributed by atoms with Crippen LogP contribution in [0.2, 0.25) is 0 Å². The zero-order valence-electron chi connectivity index (χ0n) is 21.2. The van der Waals surface area contributed by atoms with E-state index >= 15 is 0 Å². The van der Waals surface area contributed by atoms with Gasteiger partial charge in [-0.05, 0) is 55.8 Å². The number of sulfonamides is 1. The Bertz CT molecular complexity index is 1500. The number of hydrogen-bond donors (Lipinski definition) is 5. The molecule has 0 saturated carbocycles. The van der Waals surface area contributed by atoms with Crippen molar-refractivity contribution in [3.05, 3.63) is 59.3 Å². The van der Waals surface area contributed by atoms with Gasteiger partial charge in [0.1, 0.15) is 23.3 Å². The van der Waals surface area contributed by atoms with Crippen LogP contribution in [0.15, 0.2) is 42.6 Å². The van der Waals surface area contributed by atoms with Gasteiger partial charge in [-0.25, -0.2) is 13.4 Å². The molecule has 214 valence electrons. The van der Waals surface area contributed by atoms with Crippen molar-refractivity contribution in [2.75, 3.05) is 30.2 Å². The van der Waals surface area contributed by atoms with Crippen LogP contribution in [0.1, 0.15) is 35.8 Å². The van der Waals surface area contributed by atoms with E-state index in [0.29, 0.717) is 23.2 Å². The van der Waals surface area contributed by atoms with Gasteiger partial charge in [-0.2, -0.15) is 18.2 Å². The van der Waals surface area contributed by atoms with Crippen LogP contribution >= 0.6 is 0 Å². The molecule has 1 unspecified atom stereocenters. The molecule has 1 atom stereocenters. The number of methoxy groups -OCH3 is 1. The Balaban J connectivity index is 1.40. The fraction of sp³-hybridized carbons (Fsp3) is 0.360. The van der Waals surface area contributed by atoms with Crippen LogP contribution in [0.25, 0.3) is 0 Å². The fourth-order valence-corrected chi connectivity index (χ4v) is 5.79. The van der Waals surface area contributed by atoms with E-state index in [-0.39, 0.29) is 29.0 Å². The number of alkyl halides is 3. The van der Waals surface area contributed by atoms with E-state index in [0.717, 1.165) is 25.9 Å². The van der Waals surface area contributed by atoms with Crippen molar-refractivity contribution in [1.82, 2.24) is 20.6 Å². The van der Waals surface area contributed by atoms with Gasteiger partial charge in [-0.3, -0.25) is 10.0 Å². The predicted molar refractivity (Wildman–Crippen MR) is 140 cm³/mol. The SMILES string of the molecule is COc1cc(C(O)NC2CCNCC2)ccc1Nc1ncc(C(F)(F)F)c(Oc2cccc3c2CS(=O)(=O)N3)n1. The number of halogens is 3. The van der Waals surface area contributed by atoms with Gasteiger partial charge in [0.25, 0.3) is 0 Å². The number of piperidine rings is 1. The van der Waals surface area contributed by atoms with Gasteiger partial charge in [0.15, 0.2) is 0 Å². The highest BCUT2D eigenvalue weighted by atomic mass is 32.2. The van der Waals surface area contributed by atoms with E-state index in [1.807, 2.05) is 0 Å². The lowest BCUT2D eigenvalue weighted by atomic mass is 10.1. The summed E-state index contributed by atoms with van der Waals surface area (Å²) in [6, 6.07) is 9.29. The number of rotatable bonds is 8. The summed E-state index contributed by atoms with van der Waals surface area (Å²) in [6.45, 7) is 1.72. The molecular formula is C25H27F3N6O5S. The first kappa shape index (κ1) is 27.9. The molecule has 0 aliphatic carbocycles. The van der Waals surface area contributed by atoms with Gasteiger partial charge in [0.05, 0.1) is 24.2 Å². The minimum absolute atomic E-state index is 0.0848. The first-order valence-corrected chi connectivity index (χ1v) is 14.0. The highest BCUT2D eigenvalue weighted by molar-refractivity contribution is 7.92. The van der Waals surface area contributed by atoms with E-state index in [1.165, 1.54) is 25.3 Å². The summed E-state index contributed by atoms with van der Waals surface area (Å²) >= 11 is 0. The molecule has 0 amide bonds. The smallest absolute Gasteiger partial charge is 0.423 e. The Morgan fingerprint density at radius 2 is 1.93 bits per heavy atom. The zero-order chi connectivity index (χ0) is 28.5. The number of hydrogen-bond acceptors (Lipinski definition) is 10. The maximum Gasteiger partial charge on any atom is 0.423 e. The van der Waals surface area contributed by atoms with Gasteiger partial charge in [-0.1, -0.05) is 12.1 Å². The lowest BCUT2D eigenvalue weighted by Gasteiger charge is -2.27. The average molecular weight is 581 g/mol. The van der Waals surface area contributed by atoms with Gasteiger partial charge in [0, 0.05) is 17.8 Å². The van der Waals surface area contributed by atoms with Crippen molar-refractivity contribution in [1.29, 1.82) is 0 Å². The van der Waals surface area contributed by atoms with E-state index in [1.54, 1.807) is 18.2 Å². The van der Waals surface area contributed by atoms with Crippen molar-refractivity contribution in [2.45, 2.75) is 37.0 Å². The van der Waals surface area contributed by atoms with Crippen molar-refractivity contribution in [3.8, 4) is 17.4 Å². The highest BCUT2D eigenvalue weighted by Crippen LogP contribution is 2.41. The van der Waals surface area contributed by atoms with Crippen molar-refractivity contribution in [3.63, 3.8) is 0 Å². The maximum absolute atomic E-state index is 13.8. The lowest BCUT2D eigenvalue weighted by Crippen LogP contribution is -2.41. The monoisotopic (exact) mass is 580 g/mol. The van der Waals surface area contributed by atoms with Crippen LogP contribution < -0.4 is 30.1 Å². The van der Waals surface area contributed by atoms with E-state index in [9.17, 15) is 26.7 Å². The average Bonchev–Trinajstić information content (AvgIpc) is 3.24. The molecule has 3 aromatic rings. The van der Waals surface area contributed by atoms with Gasteiger partial charge in [-0.15, -0.1) is 0 Å². The molecule has 15 heteroatoms. The van der Waals surface area contributed by atoms with E-state index < -0.39 is 39.6 Å². The predicted octanol–water partition coefficient (Wildman–Crippen LogP) is 3.63. The number of aliphatic hydroxyl groups excluding tert-OH is 1. The molecule has 0 radical (unpaired) electrons. The van der Waals surface area contributed by atoms with Crippen LogP contribution in [0.5, 0.6) is 17.4 Å². The number of benzene rings is 2. The molecule has 1 fully saturated rings. The van der Waals surface area contributed by atoms with Crippen LogP contribution in [0, 0.1) is 0 Å². The van der Waals surface area contributed by atoms with Crippen molar-refractivity contribution in [2.24, 2.45) is 0 Å². The fourth-order valence-electron chi connectivity index (χ4n) is 4.51. The number of anilines is 3. The Morgan fingerprint density at radius 3 is 2.65 bits per heavy atom. The summed E-state index contributed by atoms with van der Waals surface area (Å²) in [7, 11) is -2.26. The first-order valence-electron chi connectivity index (χ1n) is 12.4. The summed E-state index contributed by atoms with van der Waals surface area (Å²) in [5.41, 5.74) is 0.0541. The molecule has 11 nitrogen and oxygen atoms in total. The van der Waals surface area contributed by atoms with Crippen molar-refractivity contribution >= 4 is 27.3 Å². The van der Waals surface area contributed by atoms with Crippen molar-refractivity contribution < 1.29 is 36.2 Å². The number of aromatic nitrogens is 2. The standard InChI is InChI=1S/C25H27F3N6O5S/c1-38-21-11-14(22(35)31-15-7-9-29-10-8-15)5-6-19(21)32-24-30-12-17(25(26,27)28)23(33-24)39-20-4-2-3-18-16(20)13-40(36,37)34-18/h2-6,11-12,15,22,29,31,34-35H,7-10,13H2,1H3,(H,30,32,33). The molecule has 5 rings (SSSR count). The lowest BCUT2D eigenvalue weighted by molar-refractivity contribution is -0.139. The Morgan fingerprint density at radius 1 is 1.15 bits per heavy atom. The second-order valence-corrected chi connectivity index (χ2v) is 11.1. The Hall–Kier alpha value is -3.66. The maximum atomic E-state index is 13.8. The molecule has 0 spiro atoms. The Kier molecular flexibility index (Phi) is 7.72. The van der Waals surface area contributed by atoms with E-state index in [2.05, 4.69) is 30.6 Å². The largest absolute Gasteiger partial charge is 0.495 e. The molecule has 0 bridgehead atoms. The Labute approximate surface area is 228 Å². The molecule has 2 aromatic carbocycles. The molecule has 2 aliphatic rings. The summed E-state index contributed by atoms with van der Waals surface area (Å²) in [5, 5.41) is 19.9.